The lowest BCUT2D eigenvalue weighted by Crippen LogP contribution is -2.48. The second-order valence-electron chi connectivity index (χ2n) is 4.81. The predicted molar refractivity (Wildman–Crippen MR) is 60.1 cm³/mol. The molecule has 1 aromatic rings. The maximum atomic E-state index is 11.7. The average Bonchev–Trinajstić information content (AvgIpc) is 2.30. The number of aromatic nitrogens is 1. The lowest BCUT2D eigenvalue weighted by molar-refractivity contribution is -0.660. The SMILES string of the molecule is O=c1cccc2n1C[C@H]1C[C@H]2CN([N+](=O)[O-])C1. The van der Waals surface area contributed by atoms with Crippen LogP contribution in [0, 0.1) is 16.0 Å². The normalized spacial score (nSPS) is 26.5. The van der Waals surface area contributed by atoms with Crippen molar-refractivity contribution in [3.05, 3.63) is 44.4 Å². The van der Waals surface area contributed by atoms with Gasteiger partial charge in [0.05, 0.1) is 13.1 Å². The highest BCUT2D eigenvalue weighted by molar-refractivity contribution is 5.16. The van der Waals surface area contributed by atoms with E-state index in [1.165, 1.54) is 5.01 Å². The van der Waals surface area contributed by atoms with Crippen LogP contribution in [0.4, 0.5) is 0 Å². The fourth-order valence-electron chi connectivity index (χ4n) is 3.00. The van der Waals surface area contributed by atoms with Crippen molar-refractivity contribution in [3.8, 4) is 0 Å². The molecule has 6 nitrogen and oxygen atoms in total. The van der Waals surface area contributed by atoms with E-state index in [4.69, 9.17) is 0 Å². The van der Waals surface area contributed by atoms with Gasteiger partial charge in [0, 0.05) is 30.1 Å². The number of hydrogen-bond acceptors (Lipinski definition) is 3. The molecular formula is C11H13N3O3. The smallest absolute Gasteiger partial charge is 0.250 e. The van der Waals surface area contributed by atoms with E-state index in [-0.39, 0.29) is 22.4 Å². The van der Waals surface area contributed by atoms with Crippen LogP contribution in [-0.4, -0.2) is 27.7 Å². The topological polar surface area (TPSA) is 68.4 Å². The van der Waals surface area contributed by atoms with Gasteiger partial charge in [-0.2, -0.15) is 0 Å². The maximum Gasteiger partial charge on any atom is 0.250 e. The van der Waals surface area contributed by atoms with Crippen molar-refractivity contribution in [3.63, 3.8) is 0 Å². The Kier molecular flexibility index (Phi) is 2.17. The zero-order valence-electron chi connectivity index (χ0n) is 9.28. The van der Waals surface area contributed by atoms with Crippen LogP contribution in [0.15, 0.2) is 23.0 Å². The molecule has 0 amide bonds. The fraction of sp³-hybridized carbons (Fsp3) is 0.545. The highest BCUT2D eigenvalue weighted by atomic mass is 16.7. The molecule has 3 rings (SSSR count). The Hall–Kier alpha value is -1.85. The minimum absolute atomic E-state index is 0.00625. The van der Waals surface area contributed by atoms with Crippen molar-refractivity contribution >= 4 is 0 Å². The van der Waals surface area contributed by atoms with E-state index >= 15 is 0 Å². The summed E-state index contributed by atoms with van der Waals surface area (Å²) in [7, 11) is 0. The summed E-state index contributed by atoms with van der Waals surface area (Å²) in [6.45, 7) is 1.47. The predicted octanol–water partition coefficient (Wildman–Crippen LogP) is 0.459. The van der Waals surface area contributed by atoms with Crippen LogP contribution in [0.5, 0.6) is 0 Å². The van der Waals surface area contributed by atoms with Gasteiger partial charge in [0.15, 0.2) is 5.03 Å². The minimum Gasteiger partial charge on any atom is -0.312 e. The summed E-state index contributed by atoms with van der Waals surface area (Å²) in [6, 6.07) is 5.20. The second kappa shape index (κ2) is 3.58. The zero-order chi connectivity index (χ0) is 12.0. The molecule has 0 unspecified atom stereocenters. The van der Waals surface area contributed by atoms with Gasteiger partial charge in [0.25, 0.3) is 5.56 Å². The molecule has 1 saturated heterocycles. The fourth-order valence-corrected chi connectivity index (χ4v) is 3.00. The molecule has 2 atom stereocenters. The van der Waals surface area contributed by atoms with Crippen LogP contribution in [0.3, 0.4) is 0 Å². The van der Waals surface area contributed by atoms with Gasteiger partial charge in [-0.1, -0.05) is 6.07 Å². The number of pyridine rings is 1. The third-order valence-corrected chi connectivity index (χ3v) is 3.69. The number of nitrogens with zero attached hydrogens (tertiary/aromatic N) is 3. The lowest BCUT2D eigenvalue weighted by Gasteiger charge is -2.38. The van der Waals surface area contributed by atoms with Gasteiger partial charge in [0.1, 0.15) is 0 Å². The highest BCUT2D eigenvalue weighted by Crippen LogP contribution is 2.34. The summed E-state index contributed by atoms with van der Waals surface area (Å²) in [5.74, 6) is 0.327. The molecule has 90 valence electrons. The van der Waals surface area contributed by atoms with Crippen molar-refractivity contribution in [1.29, 1.82) is 0 Å². The van der Waals surface area contributed by atoms with Gasteiger partial charge in [0.2, 0.25) is 0 Å². The van der Waals surface area contributed by atoms with Crippen LogP contribution < -0.4 is 5.56 Å². The molecule has 0 radical (unpaired) electrons. The van der Waals surface area contributed by atoms with Crippen LogP contribution >= 0.6 is 0 Å². The Bertz CT molecular complexity index is 525. The molecule has 0 spiro atoms. The Morgan fingerprint density at radius 1 is 1.29 bits per heavy atom. The molecular weight excluding hydrogens is 222 g/mol. The van der Waals surface area contributed by atoms with Gasteiger partial charge in [-0.3, -0.25) is 4.79 Å². The van der Waals surface area contributed by atoms with Crippen molar-refractivity contribution in [1.82, 2.24) is 9.58 Å². The van der Waals surface area contributed by atoms with E-state index in [0.717, 1.165) is 12.1 Å². The van der Waals surface area contributed by atoms with Crippen LogP contribution in [0.1, 0.15) is 18.0 Å². The Balaban J connectivity index is 2.01. The maximum absolute atomic E-state index is 11.7. The average molecular weight is 235 g/mol. The number of piperidine rings is 1. The standard InChI is InChI=1S/C11H13N3O3/c15-11-3-1-2-10-9-4-8(6-13(10)11)5-12(7-9)14(16)17/h1-3,8-9H,4-7H2/t8-,9-/m0/s1. The lowest BCUT2D eigenvalue weighted by atomic mass is 9.84. The molecule has 1 aromatic heterocycles. The number of fused-ring (bicyclic) bond motifs is 4. The third-order valence-electron chi connectivity index (χ3n) is 3.69. The van der Waals surface area contributed by atoms with Crippen molar-refractivity contribution < 1.29 is 5.03 Å². The summed E-state index contributed by atoms with van der Waals surface area (Å²) in [6.07, 6.45) is 0.952. The first-order valence-corrected chi connectivity index (χ1v) is 5.74. The van der Waals surface area contributed by atoms with Crippen LogP contribution in [0.2, 0.25) is 0 Å². The largest absolute Gasteiger partial charge is 0.312 e. The zero-order valence-corrected chi connectivity index (χ0v) is 9.28. The van der Waals surface area contributed by atoms with E-state index in [0.29, 0.717) is 19.6 Å². The van der Waals surface area contributed by atoms with Crippen molar-refractivity contribution in [2.75, 3.05) is 13.1 Å². The Labute approximate surface area is 97.6 Å². The first-order valence-electron chi connectivity index (χ1n) is 5.74. The molecule has 0 saturated carbocycles. The number of nitro groups is 1. The molecule has 2 bridgehead atoms. The molecule has 0 aliphatic carbocycles. The van der Waals surface area contributed by atoms with Crippen molar-refractivity contribution in [2.45, 2.75) is 18.9 Å². The summed E-state index contributed by atoms with van der Waals surface area (Å²) in [5.41, 5.74) is 0.951. The molecule has 2 aliphatic heterocycles. The molecule has 0 aromatic carbocycles. The van der Waals surface area contributed by atoms with E-state index in [1.807, 2.05) is 6.07 Å². The number of rotatable bonds is 1. The van der Waals surface area contributed by atoms with E-state index in [9.17, 15) is 14.9 Å². The quantitative estimate of drug-likeness (QED) is 0.524. The molecule has 17 heavy (non-hydrogen) atoms. The molecule has 2 aliphatic rings. The Morgan fingerprint density at radius 2 is 2.12 bits per heavy atom. The monoisotopic (exact) mass is 235 g/mol. The first kappa shape index (κ1) is 10.3. The molecule has 1 fully saturated rings. The molecule has 0 N–H and O–H groups in total. The molecule has 3 heterocycles. The number of hydrogen-bond donors (Lipinski definition) is 0. The van der Waals surface area contributed by atoms with E-state index in [2.05, 4.69) is 0 Å². The summed E-state index contributed by atoms with van der Waals surface area (Å²) in [5, 5.41) is 11.8. The van der Waals surface area contributed by atoms with Gasteiger partial charge in [-0.05, 0) is 12.5 Å². The van der Waals surface area contributed by atoms with E-state index in [1.54, 1.807) is 16.7 Å². The van der Waals surface area contributed by atoms with Gasteiger partial charge >= 0.3 is 0 Å². The number of hydrazine groups is 1. The van der Waals surface area contributed by atoms with Gasteiger partial charge < -0.3 is 4.57 Å². The van der Waals surface area contributed by atoms with Crippen molar-refractivity contribution in [2.24, 2.45) is 5.92 Å². The summed E-state index contributed by atoms with van der Waals surface area (Å²) >= 11 is 0. The van der Waals surface area contributed by atoms with E-state index < -0.39 is 0 Å². The highest BCUT2D eigenvalue weighted by Gasteiger charge is 2.38. The van der Waals surface area contributed by atoms with Crippen LogP contribution in [0.25, 0.3) is 0 Å². The van der Waals surface area contributed by atoms with Gasteiger partial charge in [-0.25, -0.2) is 10.1 Å². The van der Waals surface area contributed by atoms with Gasteiger partial charge in [-0.15, -0.1) is 5.01 Å². The summed E-state index contributed by atoms with van der Waals surface area (Å²) < 4.78 is 1.77. The third kappa shape index (κ3) is 1.60. The minimum atomic E-state index is -0.324. The van der Waals surface area contributed by atoms with Crippen LogP contribution in [-0.2, 0) is 6.54 Å². The first-order chi connectivity index (χ1) is 8.15. The Morgan fingerprint density at radius 3 is 2.88 bits per heavy atom. The second-order valence-corrected chi connectivity index (χ2v) is 4.81. The summed E-state index contributed by atoms with van der Waals surface area (Å²) in [4.78, 5) is 22.6. The molecule has 6 heteroatoms.